The van der Waals surface area contributed by atoms with Gasteiger partial charge in [-0.2, -0.15) is 5.10 Å². The molecule has 2 rings (SSSR count). The number of rotatable bonds is 3. The lowest BCUT2D eigenvalue weighted by molar-refractivity contribution is 0.628. The molecule has 18 heavy (non-hydrogen) atoms. The van der Waals surface area contributed by atoms with E-state index in [9.17, 15) is 4.39 Å². The molecule has 1 aromatic carbocycles. The summed E-state index contributed by atoms with van der Waals surface area (Å²) in [7, 11) is 3.75. The summed E-state index contributed by atoms with van der Waals surface area (Å²) in [6.45, 7) is 2.71. The standard InChI is InChI=1S/C13H15ClFN3/c1-8-12(7-16-2)17-18(3)13(8)9-4-5-11(15)10(14)6-9/h4-6,16H,7H2,1-3H3. The van der Waals surface area contributed by atoms with Crippen LogP contribution in [0.1, 0.15) is 11.3 Å². The van der Waals surface area contributed by atoms with Crippen LogP contribution < -0.4 is 5.32 Å². The maximum atomic E-state index is 13.2. The minimum absolute atomic E-state index is 0.128. The van der Waals surface area contributed by atoms with E-state index in [-0.39, 0.29) is 5.02 Å². The third-order valence-corrected chi connectivity index (χ3v) is 3.21. The Balaban J connectivity index is 2.53. The first kappa shape index (κ1) is 13.1. The highest BCUT2D eigenvalue weighted by Gasteiger charge is 2.14. The van der Waals surface area contributed by atoms with Crippen LogP contribution in [0.25, 0.3) is 11.3 Å². The summed E-state index contributed by atoms with van der Waals surface area (Å²) in [5.41, 5.74) is 3.89. The van der Waals surface area contributed by atoms with Crippen LogP contribution in [-0.4, -0.2) is 16.8 Å². The third kappa shape index (κ3) is 2.26. The molecule has 0 atom stereocenters. The fraction of sp³-hybridized carbons (Fsp3) is 0.308. The summed E-state index contributed by atoms with van der Waals surface area (Å²) >= 11 is 5.82. The Morgan fingerprint density at radius 3 is 2.78 bits per heavy atom. The fourth-order valence-corrected chi connectivity index (χ4v) is 2.25. The fourth-order valence-electron chi connectivity index (χ4n) is 2.07. The first-order valence-electron chi connectivity index (χ1n) is 5.67. The molecule has 2 aromatic rings. The Labute approximate surface area is 111 Å². The monoisotopic (exact) mass is 267 g/mol. The van der Waals surface area contributed by atoms with Crippen molar-refractivity contribution in [2.45, 2.75) is 13.5 Å². The molecule has 0 saturated heterocycles. The van der Waals surface area contributed by atoms with Gasteiger partial charge in [-0.15, -0.1) is 0 Å². The number of aryl methyl sites for hydroxylation is 1. The Kier molecular flexibility index (Phi) is 3.68. The lowest BCUT2D eigenvalue weighted by Crippen LogP contribution is -2.06. The number of nitrogens with one attached hydrogen (secondary N) is 1. The van der Waals surface area contributed by atoms with Crippen LogP contribution in [0.3, 0.4) is 0 Å². The molecule has 0 aliphatic rings. The second-order valence-corrected chi connectivity index (χ2v) is 4.61. The predicted octanol–water partition coefficient (Wildman–Crippen LogP) is 2.91. The van der Waals surface area contributed by atoms with E-state index < -0.39 is 5.82 Å². The molecule has 0 radical (unpaired) electrons. The van der Waals surface area contributed by atoms with Crippen LogP contribution in [0.5, 0.6) is 0 Å². The predicted molar refractivity (Wildman–Crippen MR) is 71.1 cm³/mol. The van der Waals surface area contributed by atoms with Crippen molar-refractivity contribution in [1.82, 2.24) is 15.1 Å². The van der Waals surface area contributed by atoms with Crippen LogP contribution >= 0.6 is 11.6 Å². The van der Waals surface area contributed by atoms with E-state index in [2.05, 4.69) is 10.4 Å². The highest BCUT2D eigenvalue weighted by molar-refractivity contribution is 6.31. The van der Waals surface area contributed by atoms with Gasteiger partial charge in [-0.1, -0.05) is 11.6 Å². The average molecular weight is 268 g/mol. The summed E-state index contributed by atoms with van der Waals surface area (Å²) in [6.07, 6.45) is 0. The van der Waals surface area contributed by atoms with Gasteiger partial charge in [-0.05, 0) is 37.7 Å². The lowest BCUT2D eigenvalue weighted by atomic mass is 10.1. The Morgan fingerprint density at radius 2 is 2.17 bits per heavy atom. The maximum absolute atomic E-state index is 13.2. The molecule has 0 amide bonds. The van der Waals surface area contributed by atoms with E-state index in [0.29, 0.717) is 6.54 Å². The molecule has 5 heteroatoms. The van der Waals surface area contributed by atoms with Crippen molar-refractivity contribution in [2.24, 2.45) is 7.05 Å². The van der Waals surface area contributed by atoms with Crippen LogP contribution in [0.2, 0.25) is 5.02 Å². The first-order valence-corrected chi connectivity index (χ1v) is 6.05. The van der Waals surface area contributed by atoms with Crippen molar-refractivity contribution in [2.75, 3.05) is 7.05 Å². The van der Waals surface area contributed by atoms with E-state index in [1.165, 1.54) is 6.07 Å². The zero-order valence-electron chi connectivity index (χ0n) is 10.6. The molecule has 0 aliphatic heterocycles. The Morgan fingerprint density at radius 1 is 1.44 bits per heavy atom. The molecule has 0 bridgehead atoms. The van der Waals surface area contributed by atoms with Gasteiger partial charge in [0.15, 0.2) is 0 Å². The van der Waals surface area contributed by atoms with Crippen molar-refractivity contribution in [3.8, 4) is 11.3 Å². The van der Waals surface area contributed by atoms with Gasteiger partial charge in [-0.25, -0.2) is 4.39 Å². The van der Waals surface area contributed by atoms with Crippen molar-refractivity contribution >= 4 is 11.6 Å². The summed E-state index contributed by atoms with van der Waals surface area (Å²) < 4.78 is 15.0. The topological polar surface area (TPSA) is 29.9 Å². The van der Waals surface area contributed by atoms with Crippen LogP contribution in [-0.2, 0) is 13.6 Å². The highest BCUT2D eigenvalue weighted by atomic mass is 35.5. The van der Waals surface area contributed by atoms with Gasteiger partial charge in [-0.3, -0.25) is 4.68 Å². The number of hydrogen-bond acceptors (Lipinski definition) is 2. The highest BCUT2D eigenvalue weighted by Crippen LogP contribution is 2.28. The van der Waals surface area contributed by atoms with Gasteiger partial charge in [0.05, 0.1) is 16.4 Å². The molecule has 3 nitrogen and oxygen atoms in total. The largest absolute Gasteiger partial charge is 0.314 e. The van der Waals surface area contributed by atoms with Crippen molar-refractivity contribution in [3.05, 3.63) is 40.3 Å². The smallest absolute Gasteiger partial charge is 0.141 e. The number of nitrogens with zero attached hydrogens (tertiary/aromatic N) is 2. The van der Waals surface area contributed by atoms with Crippen LogP contribution in [0, 0.1) is 12.7 Å². The van der Waals surface area contributed by atoms with Crippen molar-refractivity contribution in [3.63, 3.8) is 0 Å². The summed E-state index contributed by atoms with van der Waals surface area (Å²) in [5.74, 6) is -0.407. The molecule has 96 valence electrons. The molecular formula is C13H15ClFN3. The molecule has 0 spiro atoms. The van der Waals surface area contributed by atoms with Gasteiger partial charge >= 0.3 is 0 Å². The van der Waals surface area contributed by atoms with Crippen molar-refractivity contribution in [1.29, 1.82) is 0 Å². The summed E-state index contributed by atoms with van der Waals surface area (Å²) in [6, 6.07) is 4.72. The first-order chi connectivity index (χ1) is 8.54. The summed E-state index contributed by atoms with van der Waals surface area (Å²) in [5, 5.41) is 7.65. The molecule has 0 unspecified atom stereocenters. The average Bonchev–Trinajstić information content (AvgIpc) is 2.59. The number of benzene rings is 1. The van der Waals surface area contributed by atoms with E-state index >= 15 is 0 Å². The molecule has 1 N–H and O–H groups in total. The number of aromatic nitrogens is 2. The molecular weight excluding hydrogens is 253 g/mol. The normalized spacial score (nSPS) is 10.9. The van der Waals surface area contributed by atoms with Crippen molar-refractivity contribution < 1.29 is 4.39 Å². The SMILES string of the molecule is CNCc1nn(C)c(-c2ccc(F)c(Cl)c2)c1C. The van der Waals surface area contributed by atoms with Gasteiger partial charge in [0.1, 0.15) is 5.82 Å². The Hall–Kier alpha value is -1.39. The maximum Gasteiger partial charge on any atom is 0.141 e. The number of halogens is 2. The van der Waals surface area contributed by atoms with E-state index in [4.69, 9.17) is 11.6 Å². The second-order valence-electron chi connectivity index (χ2n) is 4.20. The second kappa shape index (κ2) is 5.08. The van der Waals surface area contributed by atoms with Gasteiger partial charge in [0.2, 0.25) is 0 Å². The van der Waals surface area contributed by atoms with E-state index in [1.807, 2.05) is 21.0 Å². The zero-order valence-corrected chi connectivity index (χ0v) is 11.3. The molecule has 1 aromatic heterocycles. The molecule has 0 aliphatic carbocycles. The van der Waals surface area contributed by atoms with E-state index in [1.54, 1.807) is 16.8 Å². The molecule has 1 heterocycles. The Bertz CT molecular complexity index is 578. The van der Waals surface area contributed by atoms with E-state index in [0.717, 1.165) is 22.5 Å². The zero-order chi connectivity index (χ0) is 13.3. The van der Waals surface area contributed by atoms with Gasteiger partial charge in [0, 0.05) is 19.2 Å². The lowest BCUT2D eigenvalue weighted by Gasteiger charge is -2.05. The number of hydrogen-bond donors (Lipinski definition) is 1. The molecule has 0 fully saturated rings. The van der Waals surface area contributed by atoms with Crippen LogP contribution in [0.4, 0.5) is 4.39 Å². The van der Waals surface area contributed by atoms with Crippen LogP contribution in [0.15, 0.2) is 18.2 Å². The summed E-state index contributed by atoms with van der Waals surface area (Å²) in [4.78, 5) is 0. The minimum atomic E-state index is -0.407. The van der Waals surface area contributed by atoms with Gasteiger partial charge < -0.3 is 5.32 Å². The molecule has 0 saturated carbocycles. The quantitative estimate of drug-likeness (QED) is 0.927. The minimum Gasteiger partial charge on any atom is -0.314 e. The van der Waals surface area contributed by atoms with Gasteiger partial charge in [0.25, 0.3) is 0 Å². The third-order valence-electron chi connectivity index (χ3n) is 2.92.